The lowest BCUT2D eigenvalue weighted by atomic mass is 9.75. The van der Waals surface area contributed by atoms with Gasteiger partial charge in [-0.15, -0.1) is 0 Å². The molecule has 30 heavy (non-hydrogen) atoms. The van der Waals surface area contributed by atoms with Crippen molar-refractivity contribution >= 4 is 23.5 Å². The number of anilines is 1. The van der Waals surface area contributed by atoms with Crippen LogP contribution in [0, 0.1) is 17.8 Å². The minimum atomic E-state index is -0.437. The molecule has 1 saturated carbocycles. The van der Waals surface area contributed by atoms with E-state index in [0.717, 1.165) is 24.1 Å². The van der Waals surface area contributed by atoms with Crippen LogP contribution in [-0.2, 0) is 9.53 Å². The van der Waals surface area contributed by atoms with Crippen LogP contribution in [0.2, 0.25) is 5.02 Å². The Morgan fingerprint density at radius 1 is 1.33 bits per heavy atom. The lowest BCUT2D eigenvalue weighted by Crippen LogP contribution is -2.38. The van der Waals surface area contributed by atoms with Gasteiger partial charge in [-0.1, -0.05) is 50.9 Å². The zero-order valence-corrected chi connectivity index (χ0v) is 18.7. The number of fused-ring (bicyclic) bond motifs is 1. The van der Waals surface area contributed by atoms with Gasteiger partial charge in [0.15, 0.2) is 0 Å². The summed E-state index contributed by atoms with van der Waals surface area (Å²) in [6, 6.07) is 7.08. The number of carbonyl (C=O) groups is 1. The molecule has 1 aliphatic carbocycles. The number of rotatable bonds is 4. The topological polar surface area (TPSA) is 69.0 Å². The van der Waals surface area contributed by atoms with Gasteiger partial charge in [0, 0.05) is 10.7 Å². The van der Waals surface area contributed by atoms with E-state index in [4.69, 9.17) is 16.3 Å². The van der Waals surface area contributed by atoms with Gasteiger partial charge in [-0.3, -0.25) is 0 Å². The SMILES string of the molecule is CC1=C(C(=O)O[C@@H]2C[C@H](C)CC[C@@H]2C(C)C)[C@H](c2cccc(Cl)c2)n2ncnc2N1. The summed E-state index contributed by atoms with van der Waals surface area (Å²) in [7, 11) is 0. The van der Waals surface area contributed by atoms with E-state index < -0.39 is 6.04 Å². The molecule has 1 aliphatic heterocycles. The van der Waals surface area contributed by atoms with Crippen molar-refractivity contribution in [3.63, 3.8) is 0 Å². The number of aromatic nitrogens is 3. The Hall–Kier alpha value is -2.34. The molecule has 0 amide bonds. The van der Waals surface area contributed by atoms with Crippen molar-refractivity contribution in [2.75, 3.05) is 5.32 Å². The maximum atomic E-state index is 13.5. The number of nitrogens with one attached hydrogen (secondary N) is 1. The molecular formula is C23H29ClN4O2. The summed E-state index contributed by atoms with van der Waals surface area (Å²) in [5, 5.41) is 8.18. The fourth-order valence-electron chi connectivity index (χ4n) is 4.79. The van der Waals surface area contributed by atoms with Gasteiger partial charge >= 0.3 is 5.97 Å². The number of benzene rings is 1. The number of esters is 1. The van der Waals surface area contributed by atoms with Crippen LogP contribution in [0.25, 0.3) is 0 Å². The highest BCUT2D eigenvalue weighted by Gasteiger charge is 2.38. The zero-order chi connectivity index (χ0) is 21.4. The number of hydrogen-bond donors (Lipinski definition) is 1. The lowest BCUT2D eigenvalue weighted by molar-refractivity contribution is -0.151. The van der Waals surface area contributed by atoms with Gasteiger partial charge in [-0.2, -0.15) is 10.1 Å². The monoisotopic (exact) mass is 428 g/mol. The van der Waals surface area contributed by atoms with E-state index in [1.54, 1.807) is 4.68 Å². The molecule has 1 fully saturated rings. The largest absolute Gasteiger partial charge is 0.459 e. The maximum Gasteiger partial charge on any atom is 0.338 e. The summed E-state index contributed by atoms with van der Waals surface area (Å²) in [5.41, 5.74) is 2.16. The molecule has 7 heteroatoms. The first-order valence-corrected chi connectivity index (χ1v) is 11.1. The summed E-state index contributed by atoms with van der Waals surface area (Å²) < 4.78 is 7.91. The van der Waals surface area contributed by atoms with E-state index >= 15 is 0 Å². The molecule has 6 nitrogen and oxygen atoms in total. The average Bonchev–Trinajstić information content (AvgIpc) is 3.14. The van der Waals surface area contributed by atoms with Crippen molar-refractivity contribution in [1.82, 2.24) is 14.8 Å². The van der Waals surface area contributed by atoms with Gasteiger partial charge in [-0.25, -0.2) is 9.48 Å². The van der Waals surface area contributed by atoms with Crippen molar-refractivity contribution in [2.45, 2.75) is 59.1 Å². The Balaban J connectivity index is 1.69. The van der Waals surface area contributed by atoms with E-state index in [1.807, 2.05) is 31.2 Å². The first kappa shape index (κ1) is 20.9. The Labute approximate surface area is 182 Å². The van der Waals surface area contributed by atoms with Crippen LogP contribution in [0.15, 0.2) is 41.9 Å². The fraction of sp³-hybridized carbons (Fsp3) is 0.522. The molecule has 0 radical (unpaired) electrons. The predicted molar refractivity (Wildman–Crippen MR) is 117 cm³/mol. The third-order valence-corrected chi connectivity index (χ3v) is 6.63. The Kier molecular flexibility index (Phi) is 5.87. The van der Waals surface area contributed by atoms with Crippen molar-refractivity contribution < 1.29 is 9.53 Å². The minimum Gasteiger partial charge on any atom is -0.459 e. The summed E-state index contributed by atoms with van der Waals surface area (Å²) in [6.07, 6.45) is 4.61. The van der Waals surface area contributed by atoms with Crippen LogP contribution in [0.4, 0.5) is 5.95 Å². The van der Waals surface area contributed by atoms with E-state index in [0.29, 0.717) is 34.3 Å². The standard InChI is InChI=1S/C23H29ClN4O2/c1-13(2)18-9-8-14(3)10-19(18)30-22(29)20-15(4)27-23-25-12-26-28(23)21(20)16-6-5-7-17(24)11-16/h5-7,11-14,18-19,21H,8-10H2,1-4H3,(H,25,26,27)/t14-,18-,19-,21+/m1/s1. The molecule has 1 aromatic carbocycles. The number of halogens is 1. The van der Waals surface area contributed by atoms with Gasteiger partial charge in [0.1, 0.15) is 18.5 Å². The Bertz CT molecular complexity index is 968. The van der Waals surface area contributed by atoms with Crippen molar-refractivity contribution in [1.29, 1.82) is 0 Å². The predicted octanol–water partition coefficient (Wildman–Crippen LogP) is 5.22. The molecule has 0 bridgehead atoms. The van der Waals surface area contributed by atoms with Crippen LogP contribution in [0.1, 0.15) is 58.6 Å². The number of carbonyl (C=O) groups excluding carboxylic acids is 1. The van der Waals surface area contributed by atoms with Gasteiger partial charge < -0.3 is 10.1 Å². The van der Waals surface area contributed by atoms with E-state index in [1.165, 1.54) is 12.7 Å². The third kappa shape index (κ3) is 3.97. The lowest BCUT2D eigenvalue weighted by Gasteiger charge is -2.37. The average molecular weight is 429 g/mol. The number of allylic oxidation sites excluding steroid dienone is 1. The summed E-state index contributed by atoms with van der Waals surface area (Å²) in [5.74, 6) is 1.72. The van der Waals surface area contributed by atoms with E-state index in [-0.39, 0.29) is 12.1 Å². The first-order chi connectivity index (χ1) is 14.3. The van der Waals surface area contributed by atoms with Crippen LogP contribution in [-0.4, -0.2) is 26.8 Å². The summed E-state index contributed by atoms with van der Waals surface area (Å²) in [6.45, 7) is 8.55. The molecule has 4 atom stereocenters. The van der Waals surface area contributed by atoms with E-state index in [9.17, 15) is 4.79 Å². The minimum absolute atomic E-state index is 0.0706. The maximum absolute atomic E-state index is 13.5. The second-order valence-corrected chi connectivity index (χ2v) is 9.36. The van der Waals surface area contributed by atoms with Crippen LogP contribution < -0.4 is 5.32 Å². The molecule has 2 aromatic rings. The van der Waals surface area contributed by atoms with Gasteiger partial charge in [0.25, 0.3) is 0 Å². The molecule has 160 valence electrons. The van der Waals surface area contributed by atoms with Crippen molar-refractivity contribution in [3.05, 3.63) is 52.4 Å². The third-order valence-electron chi connectivity index (χ3n) is 6.40. The molecular weight excluding hydrogens is 400 g/mol. The second kappa shape index (κ2) is 8.42. The molecule has 4 rings (SSSR count). The van der Waals surface area contributed by atoms with Gasteiger partial charge in [0.05, 0.1) is 5.57 Å². The Morgan fingerprint density at radius 2 is 2.13 bits per heavy atom. The molecule has 1 N–H and O–H groups in total. The van der Waals surface area contributed by atoms with Crippen LogP contribution in [0.5, 0.6) is 0 Å². The highest BCUT2D eigenvalue weighted by molar-refractivity contribution is 6.30. The quantitative estimate of drug-likeness (QED) is 0.675. The molecule has 0 unspecified atom stereocenters. The van der Waals surface area contributed by atoms with Crippen molar-refractivity contribution in [3.8, 4) is 0 Å². The van der Waals surface area contributed by atoms with Crippen LogP contribution in [0.3, 0.4) is 0 Å². The molecule has 1 aromatic heterocycles. The highest BCUT2D eigenvalue weighted by Crippen LogP contribution is 2.39. The number of ether oxygens (including phenoxy) is 1. The van der Waals surface area contributed by atoms with Gasteiger partial charge in [0.2, 0.25) is 5.95 Å². The first-order valence-electron chi connectivity index (χ1n) is 10.7. The molecule has 2 aliphatic rings. The van der Waals surface area contributed by atoms with Crippen LogP contribution >= 0.6 is 11.6 Å². The van der Waals surface area contributed by atoms with Crippen molar-refractivity contribution in [2.24, 2.45) is 17.8 Å². The fourth-order valence-corrected chi connectivity index (χ4v) is 4.99. The summed E-state index contributed by atoms with van der Waals surface area (Å²) >= 11 is 6.26. The smallest absolute Gasteiger partial charge is 0.338 e. The zero-order valence-electron chi connectivity index (χ0n) is 17.9. The number of nitrogens with zero attached hydrogens (tertiary/aromatic N) is 3. The van der Waals surface area contributed by atoms with Gasteiger partial charge in [-0.05, 0) is 55.2 Å². The Morgan fingerprint density at radius 3 is 2.87 bits per heavy atom. The molecule has 0 saturated heterocycles. The van der Waals surface area contributed by atoms with E-state index in [2.05, 4.69) is 36.2 Å². The number of hydrogen-bond acceptors (Lipinski definition) is 5. The highest BCUT2D eigenvalue weighted by atomic mass is 35.5. The molecule has 0 spiro atoms. The second-order valence-electron chi connectivity index (χ2n) is 8.92. The summed E-state index contributed by atoms with van der Waals surface area (Å²) in [4.78, 5) is 17.8. The normalized spacial score (nSPS) is 26.3. The molecule has 2 heterocycles.